The second kappa shape index (κ2) is 10.7. The minimum Gasteiger partial charge on any atom is -0.381 e. The molecule has 5 heteroatoms. The van der Waals surface area contributed by atoms with E-state index in [1.807, 2.05) is 0 Å². The van der Waals surface area contributed by atoms with E-state index in [1.165, 1.54) is 37.1 Å². The van der Waals surface area contributed by atoms with Crippen LogP contribution in [0, 0.1) is 18.8 Å². The summed E-state index contributed by atoms with van der Waals surface area (Å²) in [4.78, 5) is 17.9. The molecule has 0 aliphatic carbocycles. The van der Waals surface area contributed by atoms with Crippen LogP contribution in [0.1, 0.15) is 49.7 Å². The van der Waals surface area contributed by atoms with Crippen LogP contribution in [-0.2, 0) is 16.1 Å². The second-order valence-corrected chi connectivity index (χ2v) is 9.54. The van der Waals surface area contributed by atoms with Crippen LogP contribution in [0.25, 0.3) is 0 Å². The van der Waals surface area contributed by atoms with E-state index >= 15 is 0 Å². The van der Waals surface area contributed by atoms with Gasteiger partial charge in [-0.2, -0.15) is 0 Å². The van der Waals surface area contributed by atoms with Crippen LogP contribution in [-0.4, -0.2) is 67.7 Å². The fourth-order valence-corrected chi connectivity index (χ4v) is 5.34. The molecule has 30 heavy (non-hydrogen) atoms. The average molecular weight is 414 g/mol. The van der Waals surface area contributed by atoms with Crippen molar-refractivity contribution in [2.75, 3.05) is 45.9 Å². The summed E-state index contributed by atoms with van der Waals surface area (Å²) in [5.41, 5.74) is 2.86. The standard InChI is InChI=1S/C25H39N3O2/c1-20-4-2-3-5-23(20)19-27-12-8-24(9-13-27)28-14-6-22(7-15-28)25(29)26-18-21-10-16-30-17-11-21/h2-5,21-22,24H,6-19H2,1H3,(H,26,29). The number of nitrogens with one attached hydrogen (secondary N) is 1. The highest BCUT2D eigenvalue weighted by Gasteiger charge is 2.31. The van der Waals surface area contributed by atoms with Crippen molar-refractivity contribution in [3.8, 4) is 0 Å². The Bertz CT molecular complexity index is 673. The Hall–Kier alpha value is -1.43. The van der Waals surface area contributed by atoms with Gasteiger partial charge in [0, 0.05) is 38.3 Å². The summed E-state index contributed by atoms with van der Waals surface area (Å²) in [7, 11) is 0. The molecule has 5 nitrogen and oxygen atoms in total. The minimum atomic E-state index is 0.210. The van der Waals surface area contributed by atoms with Crippen molar-refractivity contribution in [2.24, 2.45) is 11.8 Å². The lowest BCUT2D eigenvalue weighted by Crippen LogP contribution is -2.49. The van der Waals surface area contributed by atoms with Gasteiger partial charge in [-0.1, -0.05) is 24.3 Å². The predicted molar refractivity (Wildman–Crippen MR) is 120 cm³/mol. The number of nitrogens with zero attached hydrogens (tertiary/aromatic N) is 2. The number of hydrogen-bond acceptors (Lipinski definition) is 4. The fourth-order valence-electron chi connectivity index (χ4n) is 5.34. The van der Waals surface area contributed by atoms with Gasteiger partial charge in [0.05, 0.1) is 0 Å². The highest BCUT2D eigenvalue weighted by atomic mass is 16.5. The summed E-state index contributed by atoms with van der Waals surface area (Å²) < 4.78 is 5.41. The molecule has 3 aliphatic heterocycles. The van der Waals surface area contributed by atoms with E-state index in [-0.39, 0.29) is 11.8 Å². The lowest BCUT2D eigenvalue weighted by Gasteiger charge is -2.41. The fraction of sp³-hybridized carbons (Fsp3) is 0.720. The number of hydrogen-bond donors (Lipinski definition) is 1. The Balaban J connectivity index is 1.15. The molecule has 1 aromatic carbocycles. The molecule has 3 fully saturated rings. The summed E-state index contributed by atoms with van der Waals surface area (Å²) in [6, 6.07) is 9.45. The van der Waals surface area contributed by atoms with Crippen LogP contribution >= 0.6 is 0 Å². The highest BCUT2D eigenvalue weighted by Crippen LogP contribution is 2.25. The molecule has 166 valence electrons. The predicted octanol–water partition coefficient (Wildman–Crippen LogP) is 3.21. The zero-order chi connectivity index (χ0) is 20.8. The monoisotopic (exact) mass is 413 g/mol. The number of carbonyl (C=O) groups excluding carboxylic acids is 1. The molecule has 1 N–H and O–H groups in total. The first-order chi connectivity index (χ1) is 14.7. The molecule has 0 spiro atoms. The lowest BCUT2D eigenvalue weighted by atomic mass is 9.92. The van der Waals surface area contributed by atoms with Crippen molar-refractivity contribution >= 4 is 5.91 Å². The number of benzene rings is 1. The van der Waals surface area contributed by atoms with Gasteiger partial charge in [0.15, 0.2) is 0 Å². The normalized spacial score (nSPS) is 23.5. The molecule has 4 rings (SSSR count). The van der Waals surface area contributed by atoms with Crippen molar-refractivity contribution in [1.29, 1.82) is 0 Å². The topological polar surface area (TPSA) is 44.8 Å². The number of carbonyl (C=O) groups is 1. The molecule has 0 aromatic heterocycles. The largest absolute Gasteiger partial charge is 0.381 e. The SMILES string of the molecule is Cc1ccccc1CN1CCC(N2CCC(C(=O)NCC3CCOCC3)CC2)CC1. The molecule has 1 amide bonds. The van der Waals surface area contributed by atoms with Crippen molar-refractivity contribution in [2.45, 2.75) is 58.0 Å². The summed E-state index contributed by atoms with van der Waals surface area (Å²) in [6.07, 6.45) is 6.72. The maximum atomic E-state index is 12.6. The molecule has 3 heterocycles. The maximum absolute atomic E-state index is 12.6. The Morgan fingerprint density at radius 1 is 1.00 bits per heavy atom. The van der Waals surface area contributed by atoms with Gasteiger partial charge in [-0.15, -0.1) is 0 Å². The van der Waals surface area contributed by atoms with Gasteiger partial charge in [0.1, 0.15) is 0 Å². The van der Waals surface area contributed by atoms with Crippen molar-refractivity contribution < 1.29 is 9.53 Å². The van der Waals surface area contributed by atoms with E-state index in [1.54, 1.807) is 0 Å². The average Bonchev–Trinajstić information content (AvgIpc) is 2.80. The summed E-state index contributed by atoms with van der Waals surface area (Å²) >= 11 is 0. The zero-order valence-electron chi connectivity index (χ0n) is 18.7. The zero-order valence-corrected chi connectivity index (χ0v) is 18.7. The molecule has 1 aromatic rings. The Morgan fingerprint density at radius 2 is 1.70 bits per heavy atom. The van der Waals surface area contributed by atoms with E-state index < -0.39 is 0 Å². The Kier molecular flexibility index (Phi) is 7.80. The molecular weight excluding hydrogens is 374 g/mol. The minimum absolute atomic E-state index is 0.210. The van der Waals surface area contributed by atoms with E-state index in [2.05, 4.69) is 46.3 Å². The third kappa shape index (κ3) is 5.83. The Morgan fingerprint density at radius 3 is 2.40 bits per heavy atom. The van der Waals surface area contributed by atoms with Crippen LogP contribution in [0.4, 0.5) is 0 Å². The van der Waals surface area contributed by atoms with Crippen LogP contribution in [0.15, 0.2) is 24.3 Å². The molecule has 0 unspecified atom stereocenters. The quantitative estimate of drug-likeness (QED) is 0.778. The van der Waals surface area contributed by atoms with E-state index in [9.17, 15) is 4.79 Å². The highest BCUT2D eigenvalue weighted by molar-refractivity contribution is 5.78. The third-order valence-corrected chi connectivity index (χ3v) is 7.53. The number of aryl methyl sites for hydroxylation is 1. The first-order valence-corrected chi connectivity index (χ1v) is 12.1. The van der Waals surface area contributed by atoms with Gasteiger partial charge in [-0.3, -0.25) is 9.69 Å². The van der Waals surface area contributed by atoms with Gasteiger partial charge in [-0.25, -0.2) is 0 Å². The van der Waals surface area contributed by atoms with E-state index in [0.717, 1.165) is 65.1 Å². The lowest BCUT2D eigenvalue weighted by molar-refractivity contribution is -0.127. The van der Waals surface area contributed by atoms with Crippen LogP contribution < -0.4 is 5.32 Å². The van der Waals surface area contributed by atoms with Crippen LogP contribution in [0.3, 0.4) is 0 Å². The number of amides is 1. The summed E-state index contributed by atoms with van der Waals surface area (Å²) in [5, 5.41) is 3.23. The van der Waals surface area contributed by atoms with Gasteiger partial charge < -0.3 is 15.0 Å². The number of ether oxygens (including phenoxy) is 1. The molecule has 3 saturated heterocycles. The third-order valence-electron chi connectivity index (χ3n) is 7.53. The number of rotatable bonds is 6. The maximum Gasteiger partial charge on any atom is 0.223 e. The Labute approximate surface area is 182 Å². The molecule has 0 bridgehead atoms. The van der Waals surface area contributed by atoms with Gasteiger partial charge in [0.2, 0.25) is 5.91 Å². The molecule has 3 aliphatic rings. The summed E-state index contributed by atoms with van der Waals surface area (Å²) in [6.45, 7) is 10.4. The van der Waals surface area contributed by atoms with E-state index in [0.29, 0.717) is 12.0 Å². The van der Waals surface area contributed by atoms with Crippen LogP contribution in [0.5, 0.6) is 0 Å². The molecule has 0 radical (unpaired) electrons. The number of likely N-dealkylation sites (tertiary alicyclic amines) is 2. The van der Waals surface area contributed by atoms with E-state index in [4.69, 9.17) is 4.74 Å². The molecule has 0 saturated carbocycles. The first-order valence-electron chi connectivity index (χ1n) is 12.1. The molecular formula is C25H39N3O2. The van der Waals surface area contributed by atoms with Gasteiger partial charge in [0.25, 0.3) is 0 Å². The van der Waals surface area contributed by atoms with Gasteiger partial charge >= 0.3 is 0 Å². The summed E-state index contributed by atoms with van der Waals surface area (Å²) in [5.74, 6) is 1.10. The van der Waals surface area contributed by atoms with Crippen molar-refractivity contribution in [1.82, 2.24) is 15.1 Å². The smallest absolute Gasteiger partial charge is 0.223 e. The second-order valence-electron chi connectivity index (χ2n) is 9.54. The van der Waals surface area contributed by atoms with Crippen molar-refractivity contribution in [3.63, 3.8) is 0 Å². The first kappa shape index (κ1) is 21.8. The number of piperidine rings is 2. The van der Waals surface area contributed by atoms with Crippen molar-refractivity contribution in [3.05, 3.63) is 35.4 Å². The molecule has 0 atom stereocenters. The van der Waals surface area contributed by atoms with Gasteiger partial charge in [-0.05, 0) is 88.7 Å². The van der Waals surface area contributed by atoms with Crippen LogP contribution in [0.2, 0.25) is 0 Å².